The number of furan rings is 1. The van der Waals surface area contributed by atoms with Crippen LogP contribution in [-0.2, 0) is 27.1 Å². The van der Waals surface area contributed by atoms with Gasteiger partial charge in [-0.1, -0.05) is 164 Å². The molecule has 0 radical (unpaired) electrons. The van der Waals surface area contributed by atoms with E-state index in [1.807, 2.05) is 0 Å². The minimum atomic E-state index is -0.199. The molecule has 1 aliphatic rings. The van der Waals surface area contributed by atoms with Gasteiger partial charge in [-0.3, -0.25) is 0 Å². The summed E-state index contributed by atoms with van der Waals surface area (Å²) in [6.45, 7) is 32.3. The summed E-state index contributed by atoms with van der Waals surface area (Å²) in [6.07, 6.45) is 0. The van der Waals surface area contributed by atoms with Gasteiger partial charge in [-0.2, -0.15) is 0 Å². The summed E-state index contributed by atoms with van der Waals surface area (Å²) < 4.78 is 9.64. The first-order valence-electron chi connectivity index (χ1n) is 23.3. The van der Waals surface area contributed by atoms with Crippen molar-refractivity contribution in [3.8, 4) is 27.9 Å². The summed E-state index contributed by atoms with van der Waals surface area (Å²) in [5.41, 5.74) is 20.2. The Morgan fingerprint density at radius 3 is 1.66 bits per heavy atom. The molecule has 0 unspecified atom stereocenters. The van der Waals surface area contributed by atoms with E-state index in [-0.39, 0.29) is 27.1 Å². The highest BCUT2D eigenvalue weighted by atomic mass is 16.3. The number of rotatable bonds is 4. The molecule has 7 aromatic carbocycles. The van der Waals surface area contributed by atoms with Crippen LogP contribution < -0.4 is 5.32 Å². The molecule has 0 amide bonds. The Hall–Kier alpha value is -6.06. The summed E-state index contributed by atoms with van der Waals surface area (Å²) in [4.78, 5) is 0. The molecule has 0 bridgehead atoms. The van der Waals surface area contributed by atoms with E-state index in [4.69, 9.17) is 4.42 Å². The number of hydrogen-bond acceptors (Lipinski definition) is 2. The second kappa shape index (κ2) is 14.0. The van der Waals surface area contributed by atoms with Gasteiger partial charge >= 0.3 is 0 Å². The lowest BCUT2D eigenvalue weighted by atomic mass is 9.78. The molecule has 324 valence electrons. The number of aromatic nitrogens is 1. The Morgan fingerprint density at radius 2 is 1.02 bits per heavy atom. The summed E-state index contributed by atoms with van der Waals surface area (Å²) in [5, 5.41) is 8.62. The average molecular weight is 841 g/mol. The quantitative estimate of drug-likeness (QED) is 0.191. The van der Waals surface area contributed by atoms with Gasteiger partial charge in [-0.05, 0) is 132 Å². The van der Waals surface area contributed by atoms with Crippen LogP contribution in [0.15, 0.2) is 132 Å². The molecule has 3 nitrogen and oxygen atoms in total. The SMILES string of the molecule is CC(C)(C)c1ccc(Nc2cc3c(cc2-c2cc4c(c5cc(C(C)(C)C)ccc5n4-c4ccc(C(C)(C)C)cc4)c4oc5ccccc5c24)-c2ccc(C(C)(C)C)cc2C3(C)C)cc1. The number of nitrogens with one attached hydrogen (secondary N) is 1. The van der Waals surface area contributed by atoms with Gasteiger partial charge in [0.1, 0.15) is 11.2 Å². The van der Waals surface area contributed by atoms with E-state index in [1.54, 1.807) is 0 Å². The van der Waals surface area contributed by atoms with Crippen molar-refractivity contribution in [2.24, 2.45) is 0 Å². The van der Waals surface area contributed by atoms with Crippen molar-refractivity contribution in [3.63, 3.8) is 0 Å². The fourth-order valence-electron chi connectivity index (χ4n) is 10.2. The molecule has 0 atom stereocenters. The van der Waals surface area contributed by atoms with Crippen molar-refractivity contribution in [1.29, 1.82) is 0 Å². The number of hydrogen-bond donors (Lipinski definition) is 1. The summed E-state index contributed by atoms with van der Waals surface area (Å²) in [7, 11) is 0. The van der Waals surface area contributed by atoms with Crippen molar-refractivity contribution >= 4 is 55.1 Å². The molecule has 0 saturated heterocycles. The van der Waals surface area contributed by atoms with Crippen LogP contribution in [0.5, 0.6) is 0 Å². The largest absolute Gasteiger partial charge is 0.455 e. The Bertz CT molecular complexity index is 3320. The van der Waals surface area contributed by atoms with Gasteiger partial charge < -0.3 is 14.3 Å². The Labute approximate surface area is 380 Å². The van der Waals surface area contributed by atoms with Gasteiger partial charge in [0, 0.05) is 44.2 Å². The van der Waals surface area contributed by atoms with E-state index in [2.05, 4.69) is 234 Å². The Balaban J connectivity index is 1.33. The fraction of sp³-hybridized carbons (Fsp3) is 0.311. The molecular formula is C61H64N2O. The third-order valence-corrected chi connectivity index (χ3v) is 14.2. The van der Waals surface area contributed by atoms with Crippen LogP contribution in [0, 0.1) is 0 Å². The van der Waals surface area contributed by atoms with Crippen molar-refractivity contribution in [3.05, 3.63) is 161 Å². The van der Waals surface area contributed by atoms with Crippen molar-refractivity contribution in [2.45, 2.75) is 124 Å². The Morgan fingerprint density at radius 1 is 0.453 bits per heavy atom. The third-order valence-electron chi connectivity index (χ3n) is 14.2. The predicted octanol–water partition coefficient (Wildman–Crippen LogP) is 17.6. The zero-order valence-electron chi connectivity index (χ0n) is 40.5. The number of fused-ring (bicyclic) bond motifs is 10. The first kappa shape index (κ1) is 41.9. The summed E-state index contributed by atoms with van der Waals surface area (Å²) >= 11 is 0. The molecule has 3 heteroatoms. The molecule has 10 rings (SSSR count). The van der Waals surface area contributed by atoms with Gasteiger partial charge in [-0.25, -0.2) is 0 Å². The molecule has 1 N–H and O–H groups in total. The second-order valence-corrected chi connectivity index (χ2v) is 23.3. The molecule has 0 saturated carbocycles. The molecule has 9 aromatic rings. The molecular weight excluding hydrogens is 777 g/mol. The number of benzene rings is 7. The van der Waals surface area contributed by atoms with Gasteiger partial charge in [0.25, 0.3) is 0 Å². The molecule has 64 heavy (non-hydrogen) atoms. The molecule has 0 fully saturated rings. The van der Waals surface area contributed by atoms with E-state index in [0.717, 1.165) is 61.0 Å². The average Bonchev–Trinajstić information content (AvgIpc) is 3.84. The topological polar surface area (TPSA) is 30.1 Å². The zero-order chi connectivity index (χ0) is 45.5. The Kier molecular flexibility index (Phi) is 9.15. The highest BCUT2D eigenvalue weighted by Gasteiger charge is 2.38. The summed E-state index contributed by atoms with van der Waals surface area (Å²) in [6, 6.07) is 48.5. The highest BCUT2D eigenvalue weighted by molar-refractivity contribution is 6.28. The first-order valence-corrected chi connectivity index (χ1v) is 23.3. The van der Waals surface area contributed by atoms with E-state index < -0.39 is 0 Å². The number of anilines is 2. The van der Waals surface area contributed by atoms with Crippen LogP contribution in [0.4, 0.5) is 11.4 Å². The standard InChI is InChI=1S/C61H64N2O/c1-57(2,3)36-19-25-40(26-20-36)62-50-35-49-44(42-29-23-39(60(10,11)12)32-48(42)61(49,13)14)33-45(50)46-34-52-55(56-54(46)43-17-15-16-18-53(43)64-56)47-31-38(59(7,8)9)24-30-51(47)63(52)41-27-21-37(22-28-41)58(4,5)6/h15-35,62H,1-14H3. The normalized spacial score (nSPS) is 14.2. The third kappa shape index (κ3) is 6.68. The zero-order valence-corrected chi connectivity index (χ0v) is 40.5. The van der Waals surface area contributed by atoms with Gasteiger partial charge in [0.15, 0.2) is 0 Å². The maximum atomic E-state index is 7.17. The minimum absolute atomic E-state index is 0.0301. The van der Waals surface area contributed by atoms with Crippen LogP contribution in [0.25, 0.3) is 71.7 Å². The molecule has 1 aliphatic carbocycles. The van der Waals surface area contributed by atoms with E-state index in [9.17, 15) is 0 Å². The molecule has 2 aromatic heterocycles. The van der Waals surface area contributed by atoms with Crippen LogP contribution >= 0.6 is 0 Å². The lowest BCUT2D eigenvalue weighted by Crippen LogP contribution is -2.18. The number of nitrogens with zero attached hydrogens (tertiary/aromatic N) is 1. The van der Waals surface area contributed by atoms with Crippen molar-refractivity contribution < 1.29 is 4.42 Å². The summed E-state index contributed by atoms with van der Waals surface area (Å²) in [5.74, 6) is 0. The molecule has 0 aliphatic heterocycles. The van der Waals surface area contributed by atoms with Gasteiger partial charge in [0.05, 0.1) is 16.4 Å². The van der Waals surface area contributed by atoms with Crippen LogP contribution in [0.1, 0.15) is 130 Å². The highest BCUT2D eigenvalue weighted by Crippen LogP contribution is 2.54. The fourth-order valence-corrected chi connectivity index (χ4v) is 10.2. The van der Waals surface area contributed by atoms with E-state index in [0.29, 0.717) is 0 Å². The smallest absolute Gasteiger partial charge is 0.146 e. The second-order valence-electron chi connectivity index (χ2n) is 23.3. The van der Waals surface area contributed by atoms with Crippen LogP contribution in [-0.4, -0.2) is 4.57 Å². The first-order chi connectivity index (χ1) is 30.0. The van der Waals surface area contributed by atoms with Gasteiger partial charge in [0.2, 0.25) is 0 Å². The maximum Gasteiger partial charge on any atom is 0.146 e. The lowest BCUT2D eigenvalue weighted by Gasteiger charge is -2.26. The molecule has 2 heterocycles. The van der Waals surface area contributed by atoms with Crippen molar-refractivity contribution in [1.82, 2.24) is 4.57 Å². The van der Waals surface area contributed by atoms with E-state index >= 15 is 0 Å². The molecule has 0 spiro atoms. The van der Waals surface area contributed by atoms with Crippen LogP contribution in [0.3, 0.4) is 0 Å². The van der Waals surface area contributed by atoms with E-state index in [1.165, 1.54) is 55.4 Å². The lowest BCUT2D eigenvalue weighted by molar-refractivity contribution is 0.584. The number of para-hydroxylation sites is 1. The minimum Gasteiger partial charge on any atom is -0.455 e. The predicted molar refractivity (Wildman–Crippen MR) is 276 cm³/mol. The van der Waals surface area contributed by atoms with Gasteiger partial charge in [-0.15, -0.1) is 0 Å². The van der Waals surface area contributed by atoms with Crippen LogP contribution in [0.2, 0.25) is 0 Å². The van der Waals surface area contributed by atoms with Crippen molar-refractivity contribution in [2.75, 3.05) is 5.32 Å². The maximum absolute atomic E-state index is 7.17. The monoisotopic (exact) mass is 841 g/mol.